The minimum atomic E-state index is -0.451. The topological polar surface area (TPSA) is 82.7 Å². The first kappa shape index (κ1) is 15.1. The number of hydrogen-bond donors (Lipinski definition) is 1. The fourth-order valence-electron chi connectivity index (χ4n) is 2.30. The predicted molar refractivity (Wildman–Crippen MR) is 78.9 cm³/mol. The van der Waals surface area contributed by atoms with E-state index in [2.05, 4.69) is 30.7 Å². The summed E-state index contributed by atoms with van der Waals surface area (Å²) in [7, 11) is 0. The molecule has 0 aromatic carbocycles. The van der Waals surface area contributed by atoms with E-state index >= 15 is 0 Å². The van der Waals surface area contributed by atoms with Crippen LogP contribution in [0.25, 0.3) is 0 Å². The smallest absolute Gasteiger partial charge is 0.288 e. The lowest BCUT2D eigenvalue weighted by atomic mass is 10.3. The van der Waals surface area contributed by atoms with Gasteiger partial charge in [-0.1, -0.05) is 0 Å². The average molecular weight is 345 g/mol. The molecule has 2 heterocycles. The van der Waals surface area contributed by atoms with Crippen molar-refractivity contribution in [2.45, 2.75) is 6.42 Å². The fourth-order valence-corrected chi connectivity index (χ4v) is 2.89. The van der Waals surface area contributed by atoms with Crippen molar-refractivity contribution in [3.8, 4) is 0 Å². The summed E-state index contributed by atoms with van der Waals surface area (Å²) < 4.78 is 0.641. The Hall–Kier alpha value is -1.25. The summed E-state index contributed by atoms with van der Waals surface area (Å²) in [5, 5.41) is 19.7. The summed E-state index contributed by atoms with van der Waals surface area (Å²) in [5.74, 6) is 0.737. The second-order valence-electron chi connectivity index (χ2n) is 4.66. The minimum Gasteiger partial charge on any atom is -0.395 e. The Morgan fingerprint density at radius 2 is 2.20 bits per heavy atom. The highest BCUT2D eigenvalue weighted by molar-refractivity contribution is 9.10. The average Bonchev–Trinajstić information content (AvgIpc) is 2.65. The number of β-amino-alcohol motifs (C(OH)–C–C–N with tert-alkyl or cyclic N) is 1. The summed E-state index contributed by atoms with van der Waals surface area (Å²) in [5.41, 5.74) is -0.0163. The zero-order valence-electron chi connectivity index (χ0n) is 11.0. The van der Waals surface area contributed by atoms with E-state index in [0.29, 0.717) is 11.0 Å². The van der Waals surface area contributed by atoms with Crippen molar-refractivity contribution < 1.29 is 10.0 Å². The van der Waals surface area contributed by atoms with Crippen molar-refractivity contribution in [3.63, 3.8) is 0 Å². The van der Waals surface area contributed by atoms with Gasteiger partial charge in [0.2, 0.25) is 0 Å². The molecule has 1 aromatic heterocycles. The molecule has 0 radical (unpaired) electrons. The number of aliphatic hydroxyl groups is 1. The number of halogens is 1. The normalized spacial score (nSPS) is 17.0. The number of anilines is 1. The number of aromatic nitrogens is 1. The van der Waals surface area contributed by atoms with Crippen LogP contribution in [0.3, 0.4) is 0 Å². The van der Waals surface area contributed by atoms with Gasteiger partial charge in [-0.2, -0.15) is 0 Å². The summed E-state index contributed by atoms with van der Waals surface area (Å²) in [6.45, 7) is 4.30. The molecule has 0 amide bonds. The Balaban J connectivity index is 2.09. The number of aliphatic hydroxyl groups excluding tert-OH is 1. The molecule has 0 spiro atoms. The van der Waals surface area contributed by atoms with Gasteiger partial charge in [-0.25, -0.2) is 4.98 Å². The molecule has 2 rings (SSSR count). The Bertz CT molecular complexity index is 486. The van der Waals surface area contributed by atoms with Crippen LogP contribution in [0, 0.1) is 10.1 Å². The molecule has 1 N–H and O–H groups in total. The summed E-state index contributed by atoms with van der Waals surface area (Å²) in [4.78, 5) is 18.8. The first-order valence-electron chi connectivity index (χ1n) is 6.50. The Morgan fingerprint density at radius 3 is 2.85 bits per heavy atom. The van der Waals surface area contributed by atoms with Crippen LogP contribution < -0.4 is 4.90 Å². The summed E-state index contributed by atoms with van der Waals surface area (Å²) >= 11 is 3.36. The first-order valence-corrected chi connectivity index (χ1v) is 7.29. The quantitative estimate of drug-likeness (QED) is 0.653. The number of hydrogen-bond acceptors (Lipinski definition) is 6. The molecule has 0 aliphatic carbocycles. The van der Waals surface area contributed by atoms with Gasteiger partial charge in [0.25, 0.3) is 5.69 Å². The molecule has 1 aliphatic rings. The van der Waals surface area contributed by atoms with E-state index in [0.717, 1.165) is 38.4 Å². The van der Waals surface area contributed by atoms with Gasteiger partial charge in [-0.05, 0) is 28.9 Å². The lowest BCUT2D eigenvalue weighted by Crippen LogP contribution is -2.32. The van der Waals surface area contributed by atoms with E-state index in [1.807, 2.05) is 0 Å². The zero-order chi connectivity index (χ0) is 14.5. The summed E-state index contributed by atoms with van der Waals surface area (Å²) in [6, 6.07) is 1.48. The van der Waals surface area contributed by atoms with Gasteiger partial charge in [0.1, 0.15) is 12.0 Å². The predicted octanol–water partition coefficient (Wildman–Crippen LogP) is 1.26. The van der Waals surface area contributed by atoms with Crippen LogP contribution in [0.4, 0.5) is 11.5 Å². The van der Waals surface area contributed by atoms with E-state index < -0.39 is 4.92 Å². The Morgan fingerprint density at radius 1 is 1.40 bits per heavy atom. The molecule has 8 heteroatoms. The zero-order valence-corrected chi connectivity index (χ0v) is 12.6. The highest BCUT2D eigenvalue weighted by atomic mass is 79.9. The van der Waals surface area contributed by atoms with Crippen LogP contribution in [0.1, 0.15) is 6.42 Å². The van der Waals surface area contributed by atoms with E-state index in [4.69, 9.17) is 5.11 Å². The van der Waals surface area contributed by atoms with Crippen molar-refractivity contribution in [3.05, 3.63) is 26.9 Å². The van der Waals surface area contributed by atoms with E-state index in [-0.39, 0.29) is 12.3 Å². The van der Waals surface area contributed by atoms with Crippen LogP contribution >= 0.6 is 15.9 Å². The second-order valence-corrected chi connectivity index (χ2v) is 5.52. The van der Waals surface area contributed by atoms with Crippen molar-refractivity contribution in [2.24, 2.45) is 0 Å². The highest BCUT2D eigenvalue weighted by Gasteiger charge is 2.19. The number of nitro groups is 1. The SMILES string of the molecule is O=[N+]([O-])c1cnc(N2CCCN(CCO)CC2)c(Br)c1. The Kier molecular flexibility index (Phi) is 5.27. The minimum absolute atomic E-state index is 0.0163. The molecule has 1 saturated heterocycles. The molecule has 1 fully saturated rings. The number of pyridine rings is 1. The molecule has 20 heavy (non-hydrogen) atoms. The second kappa shape index (κ2) is 6.96. The number of rotatable bonds is 4. The Labute approximate surface area is 125 Å². The highest BCUT2D eigenvalue weighted by Crippen LogP contribution is 2.28. The van der Waals surface area contributed by atoms with Gasteiger partial charge in [0.05, 0.1) is 16.0 Å². The third-order valence-corrected chi connectivity index (χ3v) is 3.91. The van der Waals surface area contributed by atoms with Gasteiger partial charge in [0.15, 0.2) is 0 Å². The lowest BCUT2D eigenvalue weighted by Gasteiger charge is -2.23. The first-order chi connectivity index (χ1) is 9.61. The lowest BCUT2D eigenvalue weighted by molar-refractivity contribution is -0.385. The van der Waals surface area contributed by atoms with E-state index in [1.165, 1.54) is 12.3 Å². The fraction of sp³-hybridized carbons (Fsp3) is 0.583. The van der Waals surface area contributed by atoms with Crippen molar-refractivity contribution in [1.82, 2.24) is 9.88 Å². The molecule has 0 atom stereocenters. The summed E-state index contributed by atoms with van der Waals surface area (Å²) in [6.07, 6.45) is 2.27. The molecule has 110 valence electrons. The van der Waals surface area contributed by atoms with E-state index in [1.54, 1.807) is 0 Å². The van der Waals surface area contributed by atoms with Gasteiger partial charge >= 0.3 is 0 Å². The third-order valence-electron chi connectivity index (χ3n) is 3.32. The van der Waals surface area contributed by atoms with Gasteiger partial charge < -0.3 is 10.0 Å². The van der Waals surface area contributed by atoms with Crippen LogP contribution in [-0.2, 0) is 0 Å². The molecule has 0 unspecified atom stereocenters. The van der Waals surface area contributed by atoms with Gasteiger partial charge in [-0.15, -0.1) is 0 Å². The molecule has 0 bridgehead atoms. The molecular formula is C12H17BrN4O3. The maximum atomic E-state index is 10.7. The molecule has 1 aliphatic heterocycles. The monoisotopic (exact) mass is 344 g/mol. The molecule has 1 aromatic rings. The van der Waals surface area contributed by atoms with Crippen LogP contribution in [0.5, 0.6) is 0 Å². The molecule has 0 saturated carbocycles. The largest absolute Gasteiger partial charge is 0.395 e. The molecular weight excluding hydrogens is 328 g/mol. The third kappa shape index (κ3) is 3.65. The van der Waals surface area contributed by atoms with E-state index in [9.17, 15) is 10.1 Å². The standard InChI is InChI=1S/C12H17BrN4O3/c13-11-8-10(17(19)20)9-14-12(11)16-3-1-2-15(4-5-16)6-7-18/h8-9,18H,1-7H2. The maximum Gasteiger partial charge on any atom is 0.288 e. The van der Waals surface area contributed by atoms with Crippen molar-refractivity contribution >= 4 is 27.4 Å². The maximum absolute atomic E-state index is 10.7. The van der Waals surface area contributed by atoms with Crippen LogP contribution in [-0.4, -0.2) is 59.2 Å². The van der Waals surface area contributed by atoms with Gasteiger partial charge in [-0.3, -0.25) is 15.0 Å². The van der Waals surface area contributed by atoms with Crippen molar-refractivity contribution in [2.75, 3.05) is 44.2 Å². The van der Waals surface area contributed by atoms with Crippen LogP contribution in [0.2, 0.25) is 0 Å². The van der Waals surface area contributed by atoms with Crippen LogP contribution in [0.15, 0.2) is 16.7 Å². The number of nitrogens with zero attached hydrogens (tertiary/aromatic N) is 4. The van der Waals surface area contributed by atoms with Gasteiger partial charge in [0, 0.05) is 32.2 Å². The van der Waals surface area contributed by atoms with Crippen molar-refractivity contribution in [1.29, 1.82) is 0 Å². The molecule has 7 nitrogen and oxygen atoms in total.